The highest BCUT2D eigenvalue weighted by Gasteiger charge is 2.25. The van der Waals surface area contributed by atoms with E-state index in [9.17, 15) is 9.59 Å². The van der Waals surface area contributed by atoms with Crippen LogP contribution in [-0.4, -0.2) is 31.5 Å². The minimum absolute atomic E-state index is 0.00496. The molecule has 0 aliphatic heterocycles. The third-order valence-corrected chi connectivity index (χ3v) is 4.55. The lowest BCUT2D eigenvalue weighted by Crippen LogP contribution is -2.41. The van der Waals surface area contributed by atoms with Gasteiger partial charge in [-0.2, -0.15) is 10.2 Å². The van der Waals surface area contributed by atoms with E-state index in [1.807, 2.05) is 65.0 Å². The van der Waals surface area contributed by atoms with Gasteiger partial charge < -0.3 is 5.32 Å². The van der Waals surface area contributed by atoms with Crippen LogP contribution in [0.2, 0.25) is 0 Å². The average Bonchev–Trinajstić information content (AvgIpc) is 2.98. The van der Waals surface area contributed by atoms with Crippen molar-refractivity contribution >= 4 is 16.8 Å². The van der Waals surface area contributed by atoms with E-state index in [0.29, 0.717) is 23.0 Å². The molecule has 0 aliphatic carbocycles. The Morgan fingerprint density at radius 3 is 2.41 bits per heavy atom. The standard InChI is InChI=1S/C20H25N5O2/c1-6-16(19(26)21-12(2)3)25-20(27)17-14(5)24(15-10-8-7-9-11-15)23-18(17)13(4)22-25/h7-12,16H,6H2,1-5H3,(H,21,26)/t16-/m0/s1. The van der Waals surface area contributed by atoms with Gasteiger partial charge in [0.15, 0.2) is 0 Å². The molecule has 0 unspecified atom stereocenters. The highest BCUT2D eigenvalue weighted by molar-refractivity contribution is 5.84. The fourth-order valence-corrected chi connectivity index (χ4v) is 3.26. The second-order valence-corrected chi connectivity index (χ2v) is 6.98. The third-order valence-electron chi connectivity index (χ3n) is 4.55. The van der Waals surface area contributed by atoms with Gasteiger partial charge in [-0.25, -0.2) is 9.36 Å². The number of amides is 1. The summed E-state index contributed by atoms with van der Waals surface area (Å²) >= 11 is 0. The second kappa shape index (κ2) is 7.34. The molecule has 0 bridgehead atoms. The number of nitrogens with one attached hydrogen (secondary N) is 1. The number of aromatic nitrogens is 4. The van der Waals surface area contributed by atoms with Crippen LogP contribution in [0.5, 0.6) is 0 Å². The monoisotopic (exact) mass is 367 g/mol. The van der Waals surface area contributed by atoms with E-state index in [-0.39, 0.29) is 17.5 Å². The van der Waals surface area contributed by atoms with Gasteiger partial charge in [-0.3, -0.25) is 9.59 Å². The van der Waals surface area contributed by atoms with Crippen LogP contribution in [0.3, 0.4) is 0 Å². The maximum Gasteiger partial charge on any atom is 0.278 e. The van der Waals surface area contributed by atoms with Crippen molar-refractivity contribution in [3.05, 3.63) is 52.1 Å². The van der Waals surface area contributed by atoms with E-state index >= 15 is 0 Å². The number of benzene rings is 1. The van der Waals surface area contributed by atoms with Crippen LogP contribution in [0.15, 0.2) is 35.1 Å². The van der Waals surface area contributed by atoms with Crippen molar-refractivity contribution in [1.29, 1.82) is 0 Å². The first-order valence-electron chi connectivity index (χ1n) is 9.19. The third kappa shape index (κ3) is 3.37. The first-order chi connectivity index (χ1) is 12.8. The van der Waals surface area contributed by atoms with Gasteiger partial charge in [0, 0.05) is 6.04 Å². The number of nitrogens with zero attached hydrogens (tertiary/aromatic N) is 4. The van der Waals surface area contributed by atoms with E-state index in [4.69, 9.17) is 0 Å². The summed E-state index contributed by atoms with van der Waals surface area (Å²) in [6, 6.07) is 9.00. The van der Waals surface area contributed by atoms with Gasteiger partial charge in [0.1, 0.15) is 11.6 Å². The summed E-state index contributed by atoms with van der Waals surface area (Å²) in [6.07, 6.45) is 0.474. The molecule has 3 aromatic rings. The van der Waals surface area contributed by atoms with E-state index in [2.05, 4.69) is 15.5 Å². The SMILES string of the molecule is CC[C@@H](C(=O)NC(C)C)n1nc(C)c2nn(-c3ccccc3)c(C)c2c1=O. The second-order valence-electron chi connectivity index (χ2n) is 6.98. The summed E-state index contributed by atoms with van der Waals surface area (Å²) < 4.78 is 3.06. The average molecular weight is 367 g/mol. The Balaban J connectivity index is 2.20. The zero-order valence-corrected chi connectivity index (χ0v) is 16.4. The number of para-hydroxylation sites is 1. The van der Waals surface area contributed by atoms with E-state index in [0.717, 1.165) is 11.4 Å². The highest BCUT2D eigenvalue weighted by atomic mass is 16.2. The Bertz CT molecular complexity index is 1030. The largest absolute Gasteiger partial charge is 0.352 e. The first kappa shape index (κ1) is 18.8. The van der Waals surface area contributed by atoms with Gasteiger partial charge in [0.2, 0.25) is 5.91 Å². The van der Waals surface area contributed by atoms with Crippen LogP contribution in [0, 0.1) is 13.8 Å². The van der Waals surface area contributed by atoms with Crippen LogP contribution in [-0.2, 0) is 4.79 Å². The Labute approximate surface area is 158 Å². The molecular formula is C20H25N5O2. The molecule has 0 fully saturated rings. The molecule has 1 aromatic carbocycles. The summed E-state index contributed by atoms with van der Waals surface area (Å²) in [5, 5.41) is 12.4. The Kier molecular flexibility index (Phi) is 5.12. The van der Waals surface area contributed by atoms with E-state index in [1.54, 1.807) is 4.68 Å². The lowest BCUT2D eigenvalue weighted by Gasteiger charge is -2.18. The molecule has 1 N–H and O–H groups in total. The normalized spacial score (nSPS) is 12.5. The van der Waals surface area contributed by atoms with Crippen molar-refractivity contribution in [3.63, 3.8) is 0 Å². The molecule has 0 aliphatic rings. The van der Waals surface area contributed by atoms with Gasteiger partial charge in [-0.15, -0.1) is 0 Å². The molecule has 0 saturated heterocycles. The van der Waals surface area contributed by atoms with Crippen molar-refractivity contribution < 1.29 is 4.79 Å². The molecule has 0 spiro atoms. The smallest absolute Gasteiger partial charge is 0.278 e. The summed E-state index contributed by atoms with van der Waals surface area (Å²) in [7, 11) is 0. The fourth-order valence-electron chi connectivity index (χ4n) is 3.26. The molecule has 2 aromatic heterocycles. The molecule has 7 nitrogen and oxygen atoms in total. The molecule has 1 atom stereocenters. The number of rotatable bonds is 5. The van der Waals surface area contributed by atoms with Crippen molar-refractivity contribution in [1.82, 2.24) is 24.9 Å². The molecule has 27 heavy (non-hydrogen) atoms. The zero-order valence-electron chi connectivity index (χ0n) is 16.4. The van der Waals surface area contributed by atoms with Crippen molar-refractivity contribution in [2.24, 2.45) is 0 Å². The van der Waals surface area contributed by atoms with Gasteiger partial charge in [0.25, 0.3) is 5.56 Å². The Morgan fingerprint density at radius 1 is 1.15 bits per heavy atom. The molecule has 142 valence electrons. The van der Waals surface area contributed by atoms with Gasteiger partial charge in [-0.1, -0.05) is 25.1 Å². The maximum atomic E-state index is 13.2. The number of hydrogen-bond donors (Lipinski definition) is 1. The van der Waals surface area contributed by atoms with Crippen molar-refractivity contribution in [2.45, 2.75) is 53.1 Å². The maximum absolute atomic E-state index is 13.2. The molecule has 0 radical (unpaired) electrons. The molecule has 2 heterocycles. The topological polar surface area (TPSA) is 81.8 Å². The zero-order chi connectivity index (χ0) is 19.7. The predicted octanol–water partition coefficient (Wildman–Crippen LogP) is 2.67. The van der Waals surface area contributed by atoms with Crippen LogP contribution in [0.1, 0.15) is 44.6 Å². The minimum Gasteiger partial charge on any atom is -0.352 e. The summed E-state index contributed by atoms with van der Waals surface area (Å²) in [6.45, 7) is 9.33. The number of carbonyl (C=O) groups is 1. The molecule has 7 heteroatoms. The van der Waals surface area contributed by atoms with Crippen LogP contribution in [0.25, 0.3) is 16.6 Å². The Hall–Kier alpha value is -2.96. The fraction of sp³-hybridized carbons (Fsp3) is 0.400. The van der Waals surface area contributed by atoms with Gasteiger partial charge in [0.05, 0.1) is 22.5 Å². The van der Waals surface area contributed by atoms with Crippen molar-refractivity contribution in [2.75, 3.05) is 0 Å². The number of aryl methyl sites for hydroxylation is 2. The predicted molar refractivity (Wildman–Crippen MR) is 105 cm³/mol. The van der Waals surface area contributed by atoms with E-state index in [1.165, 1.54) is 4.68 Å². The molecule has 3 rings (SSSR count). The van der Waals surface area contributed by atoms with Crippen LogP contribution in [0.4, 0.5) is 0 Å². The quantitative estimate of drug-likeness (QED) is 0.752. The molecular weight excluding hydrogens is 342 g/mol. The van der Waals surface area contributed by atoms with Crippen molar-refractivity contribution in [3.8, 4) is 5.69 Å². The van der Waals surface area contributed by atoms with E-state index < -0.39 is 6.04 Å². The summed E-state index contributed by atoms with van der Waals surface area (Å²) in [4.78, 5) is 25.8. The summed E-state index contributed by atoms with van der Waals surface area (Å²) in [5.74, 6) is -0.200. The first-order valence-corrected chi connectivity index (χ1v) is 9.19. The lowest BCUT2D eigenvalue weighted by molar-refractivity contribution is -0.125. The van der Waals surface area contributed by atoms with Crippen LogP contribution < -0.4 is 10.9 Å². The number of carbonyl (C=O) groups excluding carboxylic acids is 1. The summed E-state index contributed by atoms with van der Waals surface area (Å²) in [5.41, 5.74) is 2.51. The van der Waals surface area contributed by atoms with Gasteiger partial charge >= 0.3 is 0 Å². The minimum atomic E-state index is -0.650. The lowest BCUT2D eigenvalue weighted by atomic mass is 10.2. The highest BCUT2D eigenvalue weighted by Crippen LogP contribution is 2.21. The number of hydrogen-bond acceptors (Lipinski definition) is 4. The van der Waals surface area contributed by atoms with Gasteiger partial charge in [-0.05, 0) is 46.2 Å². The molecule has 0 saturated carbocycles. The van der Waals surface area contributed by atoms with Crippen LogP contribution >= 0.6 is 0 Å². The Morgan fingerprint density at radius 2 is 1.81 bits per heavy atom. The molecule has 1 amide bonds. The number of fused-ring (bicyclic) bond motifs is 1.